The van der Waals surface area contributed by atoms with Crippen molar-refractivity contribution in [2.75, 3.05) is 27.2 Å². The molecule has 0 aromatic heterocycles. The molecule has 0 saturated carbocycles. The molecule has 2 bridgehead atoms. The summed E-state index contributed by atoms with van der Waals surface area (Å²) in [5, 5.41) is 7.33. The summed E-state index contributed by atoms with van der Waals surface area (Å²) in [6, 6.07) is 2.04. The van der Waals surface area contributed by atoms with E-state index < -0.39 is 0 Å². The van der Waals surface area contributed by atoms with E-state index in [-0.39, 0.29) is 29.4 Å². The Morgan fingerprint density at radius 2 is 1.78 bits per heavy atom. The molecule has 3 aliphatic heterocycles. The van der Waals surface area contributed by atoms with Crippen molar-refractivity contribution in [1.29, 1.82) is 0 Å². The minimum absolute atomic E-state index is 0. The predicted octanol–water partition coefficient (Wildman–Crippen LogP) is 3.63. The lowest BCUT2D eigenvalue weighted by Gasteiger charge is -2.47. The number of piperidine rings is 2. The normalized spacial score (nSPS) is 35.3. The van der Waals surface area contributed by atoms with E-state index in [2.05, 4.69) is 48.3 Å². The third-order valence-corrected chi connectivity index (χ3v) is 6.73. The van der Waals surface area contributed by atoms with Crippen LogP contribution in [0.4, 0.5) is 0 Å². The third kappa shape index (κ3) is 5.95. The Labute approximate surface area is 183 Å². The number of aliphatic imine (C=N–C) groups is 1. The Morgan fingerprint density at radius 3 is 2.37 bits per heavy atom. The Kier molecular flexibility index (Phi) is 8.68. The molecule has 0 amide bonds. The molecule has 3 aliphatic rings. The van der Waals surface area contributed by atoms with Crippen LogP contribution in [-0.2, 0) is 4.74 Å². The van der Waals surface area contributed by atoms with Gasteiger partial charge in [0.05, 0.1) is 6.10 Å². The summed E-state index contributed by atoms with van der Waals surface area (Å²) in [4.78, 5) is 7.12. The number of ether oxygens (including phenoxy) is 1. The molecule has 0 spiro atoms. The minimum Gasteiger partial charge on any atom is -0.377 e. The van der Waals surface area contributed by atoms with E-state index in [0.717, 1.165) is 31.2 Å². The molecule has 3 heterocycles. The Bertz CT molecular complexity index is 479. The van der Waals surface area contributed by atoms with Gasteiger partial charge in [0.15, 0.2) is 5.96 Å². The summed E-state index contributed by atoms with van der Waals surface area (Å²) in [6.07, 6.45) is 9.32. The van der Waals surface area contributed by atoms with E-state index in [4.69, 9.17) is 4.74 Å². The second kappa shape index (κ2) is 10.1. The van der Waals surface area contributed by atoms with Gasteiger partial charge in [-0.25, -0.2) is 0 Å². The van der Waals surface area contributed by atoms with Gasteiger partial charge >= 0.3 is 0 Å². The van der Waals surface area contributed by atoms with Crippen LogP contribution in [-0.4, -0.2) is 62.3 Å². The SMILES string of the molecule is CN=C(NCC1CCCOC1C(C)(C)C)NC1CC2CCCC(C1)N2C.I. The van der Waals surface area contributed by atoms with Gasteiger partial charge < -0.3 is 20.3 Å². The van der Waals surface area contributed by atoms with Crippen LogP contribution in [0.2, 0.25) is 0 Å². The van der Waals surface area contributed by atoms with E-state index in [0.29, 0.717) is 18.1 Å². The molecular formula is C21H41IN4O. The first-order valence-corrected chi connectivity index (χ1v) is 10.7. The van der Waals surface area contributed by atoms with E-state index in [1.54, 1.807) is 0 Å². The second-order valence-corrected chi connectivity index (χ2v) is 9.73. The number of guanidine groups is 1. The molecule has 2 N–H and O–H groups in total. The standard InChI is InChI=1S/C21H40N4O.HI/c1-21(2,3)19-15(8-7-11-26-19)14-23-20(22-4)24-16-12-17-9-6-10-18(13-16)25(17)5;/h15-19H,6-14H2,1-5H3,(H2,22,23,24);1H. The fraction of sp³-hybridized carbons (Fsp3) is 0.952. The fourth-order valence-corrected chi connectivity index (χ4v) is 5.36. The molecule has 0 aromatic rings. The first-order valence-electron chi connectivity index (χ1n) is 10.7. The maximum Gasteiger partial charge on any atom is 0.191 e. The van der Waals surface area contributed by atoms with Gasteiger partial charge in [0, 0.05) is 44.2 Å². The summed E-state index contributed by atoms with van der Waals surface area (Å²) in [6.45, 7) is 8.73. The van der Waals surface area contributed by atoms with Gasteiger partial charge in [0.1, 0.15) is 0 Å². The second-order valence-electron chi connectivity index (χ2n) is 9.73. The molecular weight excluding hydrogens is 451 g/mol. The monoisotopic (exact) mass is 492 g/mol. The van der Waals surface area contributed by atoms with Crippen LogP contribution in [0.25, 0.3) is 0 Å². The maximum absolute atomic E-state index is 6.13. The van der Waals surface area contributed by atoms with Crippen molar-refractivity contribution in [2.24, 2.45) is 16.3 Å². The van der Waals surface area contributed by atoms with Gasteiger partial charge in [-0.1, -0.05) is 27.2 Å². The van der Waals surface area contributed by atoms with Gasteiger partial charge in [-0.15, -0.1) is 24.0 Å². The number of fused-ring (bicyclic) bond motifs is 2. The molecule has 158 valence electrons. The number of nitrogens with one attached hydrogen (secondary N) is 2. The van der Waals surface area contributed by atoms with Crippen molar-refractivity contribution < 1.29 is 4.74 Å². The average Bonchev–Trinajstić information content (AvgIpc) is 2.58. The summed E-state index contributed by atoms with van der Waals surface area (Å²) in [5.41, 5.74) is 0.190. The quantitative estimate of drug-likeness (QED) is 0.359. The highest BCUT2D eigenvalue weighted by Crippen LogP contribution is 2.34. The van der Waals surface area contributed by atoms with Crippen molar-refractivity contribution in [1.82, 2.24) is 15.5 Å². The van der Waals surface area contributed by atoms with Crippen LogP contribution in [0.5, 0.6) is 0 Å². The van der Waals surface area contributed by atoms with Gasteiger partial charge in [-0.2, -0.15) is 0 Å². The van der Waals surface area contributed by atoms with Crippen molar-refractivity contribution in [3.8, 4) is 0 Å². The van der Waals surface area contributed by atoms with E-state index in [1.807, 2.05) is 7.05 Å². The Morgan fingerprint density at radius 1 is 1.11 bits per heavy atom. The van der Waals surface area contributed by atoms with Gasteiger partial charge in [-0.05, 0) is 51.0 Å². The van der Waals surface area contributed by atoms with Crippen molar-refractivity contribution >= 4 is 29.9 Å². The van der Waals surface area contributed by atoms with E-state index in [1.165, 1.54) is 44.9 Å². The number of hydrogen-bond acceptors (Lipinski definition) is 3. The van der Waals surface area contributed by atoms with E-state index >= 15 is 0 Å². The van der Waals surface area contributed by atoms with Crippen LogP contribution in [0, 0.1) is 11.3 Å². The van der Waals surface area contributed by atoms with Gasteiger partial charge in [0.2, 0.25) is 0 Å². The summed E-state index contributed by atoms with van der Waals surface area (Å²) in [7, 11) is 4.21. The predicted molar refractivity (Wildman–Crippen MR) is 124 cm³/mol. The molecule has 3 fully saturated rings. The molecule has 0 aliphatic carbocycles. The largest absolute Gasteiger partial charge is 0.377 e. The molecule has 27 heavy (non-hydrogen) atoms. The fourth-order valence-electron chi connectivity index (χ4n) is 5.36. The number of halogens is 1. The lowest BCUT2D eigenvalue weighted by molar-refractivity contribution is -0.0835. The highest BCUT2D eigenvalue weighted by molar-refractivity contribution is 14.0. The van der Waals surface area contributed by atoms with E-state index in [9.17, 15) is 0 Å². The van der Waals surface area contributed by atoms with Crippen molar-refractivity contribution in [2.45, 2.75) is 89.9 Å². The summed E-state index contributed by atoms with van der Waals surface area (Å²) < 4.78 is 6.13. The molecule has 3 rings (SSSR count). The van der Waals surface area contributed by atoms with Crippen molar-refractivity contribution in [3.63, 3.8) is 0 Å². The highest BCUT2D eigenvalue weighted by Gasteiger charge is 2.37. The first-order chi connectivity index (χ1) is 12.4. The smallest absolute Gasteiger partial charge is 0.191 e. The van der Waals surface area contributed by atoms with Crippen LogP contribution in [0.1, 0.15) is 65.7 Å². The van der Waals surface area contributed by atoms with Crippen LogP contribution in [0.3, 0.4) is 0 Å². The molecule has 0 aromatic carbocycles. The summed E-state index contributed by atoms with van der Waals surface area (Å²) in [5.74, 6) is 1.52. The lowest BCUT2D eigenvalue weighted by Crippen LogP contribution is -2.57. The van der Waals surface area contributed by atoms with Crippen LogP contribution < -0.4 is 10.6 Å². The Balaban J connectivity index is 0.00000261. The lowest BCUT2D eigenvalue weighted by atomic mass is 9.78. The highest BCUT2D eigenvalue weighted by atomic mass is 127. The molecule has 4 unspecified atom stereocenters. The van der Waals surface area contributed by atoms with Crippen LogP contribution >= 0.6 is 24.0 Å². The maximum atomic E-state index is 6.13. The topological polar surface area (TPSA) is 48.9 Å². The molecule has 0 radical (unpaired) electrons. The molecule has 6 heteroatoms. The molecule has 3 saturated heterocycles. The number of rotatable bonds is 3. The third-order valence-electron chi connectivity index (χ3n) is 6.73. The zero-order valence-electron chi connectivity index (χ0n) is 18.0. The molecule has 4 atom stereocenters. The average molecular weight is 492 g/mol. The Hall–Kier alpha value is -0.0800. The van der Waals surface area contributed by atoms with Gasteiger partial charge in [-0.3, -0.25) is 4.99 Å². The van der Waals surface area contributed by atoms with Crippen molar-refractivity contribution in [3.05, 3.63) is 0 Å². The zero-order chi connectivity index (χ0) is 18.7. The number of hydrogen-bond donors (Lipinski definition) is 2. The first kappa shape index (κ1) is 23.2. The zero-order valence-corrected chi connectivity index (χ0v) is 20.3. The molecule has 5 nitrogen and oxygen atoms in total. The minimum atomic E-state index is 0. The summed E-state index contributed by atoms with van der Waals surface area (Å²) >= 11 is 0. The van der Waals surface area contributed by atoms with Crippen LogP contribution in [0.15, 0.2) is 4.99 Å². The van der Waals surface area contributed by atoms with Gasteiger partial charge in [0.25, 0.3) is 0 Å². The number of nitrogens with zero attached hydrogens (tertiary/aromatic N) is 2.